The standard InChI is InChI=1S/C17H16NS/c1-12(2)9-16-17(18-11-19-16)15-8-7-13-5-3-4-6-14(13)10-15/h3-8,10,12H,9H2,1-2H3. The quantitative estimate of drug-likeness (QED) is 0.652. The summed E-state index contributed by atoms with van der Waals surface area (Å²) >= 11 is 1.64. The molecular weight excluding hydrogens is 250 g/mol. The molecule has 0 unspecified atom stereocenters. The van der Waals surface area contributed by atoms with Gasteiger partial charge < -0.3 is 0 Å². The molecule has 3 aromatic rings. The second-order valence-electron chi connectivity index (χ2n) is 5.24. The monoisotopic (exact) mass is 266 g/mol. The molecule has 0 saturated heterocycles. The zero-order chi connectivity index (χ0) is 13.2. The van der Waals surface area contributed by atoms with Crippen molar-refractivity contribution in [3.63, 3.8) is 0 Å². The molecule has 0 spiro atoms. The summed E-state index contributed by atoms with van der Waals surface area (Å²) in [5, 5.41) is 2.54. The van der Waals surface area contributed by atoms with E-state index in [9.17, 15) is 0 Å². The molecule has 0 bridgehead atoms. The van der Waals surface area contributed by atoms with E-state index in [0.29, 0.717) is 5.92 Å². The maximum absolute atomic E-state index is 4.44. The van der Waals surface area contributed by atoms with Gasteiger partial charge >= 0.3 is 0 Å². The first kappa shape index (κ1) is 12.4. The number of aromatic nitrogens is 1. The molecule has 0 aliphatic rings. The molecule has 95 valence electrons. The summed E-state index contributed by atoms with van der Waals surface area (Å²) < 4.78 is 0. The van der Waals surface area contributed by atoms with Crippen LogP contribution in [0.1, 0.15) is 18.7 Å². The van der Waals surface area contributed by atoms with Crippen molar-refractivity contribution >= 4 is 22.1 Å². The highest BCUT2D eigenvalue weighted by Crippen LogP contribution is 2.29. The molecule has 2 aromatic carbocycles. The van der Waals surface area contributed by atoms with Gasteiger partial charge in [-0.3, -0.25) is 0 Å². The highest BCUT2D eigenvalue weighted by molar-refractivity contribution is 7.09. The van der Waals surface area contributed by atoms with Crippen molar-refractivity contribution in [1.82, 2.24) is 4.98 Å². The Morgan fingerprint density at radius 2 is 1.89 bits per heavy atom. The van der Waals surface area contributed by atoms with E-state index in [4.69, 9.17) is 0 Å². The van der Waals surface area contributed by atoms with Gasteiger partial charge in [0.15, 0.2) is 5.51 Å². The fourth-order valence-corrected chi connectivity index (χ4v) is 3.23. The van der Waals surface area contributed by atoms with E-state index in [2.05, 4.69) is 66.8 Å². The maximum Gasteiger partial charge on any atom is 0.153 e. The average Bonchev–Trinajstić information content (AvgIpc) is 2.85. The smallest absolute Gasteiger partial charge is 0.153 e. The zero-order valence-corrected chi connectivity index (χ0v) is 12.0. The Bertz CT molecular complexity index is 697. The van der Waals surface area contributed by atoms with Crippen molar-refractivity contribution in [3.05, 3.63) is 52.9 Å². The van der Waals surface area contributed by atoms with Crippen LogP contribution < -0.4 is 0 Å². The van der Waals surface area contributed by atoms with E-state index < -0.39 is 0 Å². The van der Waals surface area contributed by atoms with Crippen molar-refractivity contribution < 1.29 is 0 Å². The third kappa shape index (κ3) is 2.54. The fourth-order valence-electron chi connectivity index (χ4n) is 2.31. The Balaban J connectivity index is 2.06. The number of hydrogen-bond acceptors (Lipinski definition) is 2. The van der Waals surface area contributed by atoms with Gasteiger partial charge in [-0.2, -0.15) is 0 Å². The van der Waals surface area contributed by atoms with Gasteiger partial charge in [-0.1, -0.05) is 50.2 Å². The van der Waals surface area contributed by atoms with Crippen LogP contribution in [0.4, 0.5) is 0 Å². The van der Waals surface area contributed by atoms with Gasteiger partial charge in [-0.15, -0.1) is 11.3 Å². The minimum absolute atomic E-state index is 0.646. The molecule has 3 rings (SSSR count). The minimum atomic E-state index is 0.646. The lowest BCUT2D eigenvalue weighted by Gasteiger charge is -2.06. The molecule has 0 amide bonds. The Hall–Kier alpha value is -1.67. The zero-order valence-electron chi connectivity index (χ0n) is 11.2. The Morgan fingerprint density at radius 3 is 2.68 bits per heavy atom. The maximum atomic E-state index is 4.44. The molecule has 0 fully saturated rings. The number of rotatable bonds is 3. The summed E-state index contributed by atoms with van der Waals surface area (Å²) in [6.45, 7) is 4.48. The lowest BCUT2D eigenvalue weighted by atomic mass is 10.0. The number of nitrogens with zero attached hydrogens (tertiary/aromatic N) is 1. The summed E-state index contributed by atoms with van der Waals surface area (Å²) in [5.41, 5.74) is 5.34. The van der Waals surface area contributed by atoms with Crippen LogP contribution in [0.5, 0.6) is 0 Å². The molecule has 2 heteroatoms. The normalized spacial score (nSPS) is 11.3. The number of benzene rings is 2. The summed E-state index contributed by atoms with van der Waals surface area (Å²) in [6.07, 6.45) is 1.07. The topological polar surface area (TPSA) is 12.9 Å². The van der Waals surface area contributed by atoms with Crippen molar-refractivity contribution in [1.29, 1.82) is 0 Å². The number of hydrogen-bond donors (Lipinski definition) is 0. The van der Waals surface area contributed by atoms with Gasteiger partial charge in [0.2, 0.25) is 0 Å². The number of fused-ring (bicyclic) bond motifs is 1. The van der Waals surface area contributed by atoms with Gasteiger partial charge in [-0.05, 0) is 29.2 Å². The third-order valence-corrected chi connectivity index (χ3v) is 4.00. The van der Waals surface area contributed by atoms with E-state index in [1.807, 2.05) is 0 Å². The largest absolute Gasteiger partial charge is 0.233 e. The van der Waals surface area contributed by atoms with Crippen molar-refractivity contribution in [3.8, 4) is 11.3 Å². The number of thiazole rings is 1. The van der Waals surface area contributed by atoms with E-state index in [0.717, 1.165) is 12.1 Å². The predicted octanol–water partition coefficient (Wildman–Crippen LogP) is 4.96. The van der Waals surface area contributed by atoms with Crippen LogP contribution in [0.15, 0.2) is 42.5 Å². The SMILES string of the molecule is CC(C)Cc1s[c]nc1-c1ccc2ccccc2c1. The first-order valence-electron chi connectivity index (χ1n) is 6.59. The van der Waals surface area contributed by atoms with Crippen LogP contribution in [-0.2, 0) is 6.42 Å². The van der Waals surface area contributed by atoms with Gasteiger partial charge in [0, 0.05) is 10.4 Å². The van der Waals surface area contributed by atoms with E-state index in [1.165, 1.54) is 21.2 Å². The second kappa shape index (κ2) is 5.14. The first-order chi connectivity index (χ1) is 9.24. The Labute approximate surface area is 117 Å². The lowest BCUT2D eigenvalue weighted by Crippen LogP contribution is -1.93. The lowest BCUT2D eigenvalue weighted by molar-refractivity contribution is 0.654. The second-order valence-corrected chi connectivity index (χ2v) is 6.12. The Kier molecular flexibility index (Phi) is 3.34. The predicted molar refractivity (Wildman–Crippen MR) is 82.4 cm³/mol. The van der Waals surface area contributed by atoms with Gasteiger partial charge in [-0.25, -0.2) is 4.98 Å². The summed E-state index contributed by atoms with van der Waals surface area (Å²) in [7, 11) is 0. The molecule has 0 aliphatic heterocycles. The van der Waals surface area contributed by atoms with Crippen molar-refractivity contribution in [2.24, 2.45) is 5.92 Å². The third-order valence-electron chi connectivity index (χ3n) is 3.21. The van der Waals surface area contributed by atoms with E-state index >= 15 is 0 Å². The van der Waals surface area contributed by atoms with E-state index in [1.54, 1.807) is 11.3 Å². The molecule has 0 saturated carbocycles. The van der Waals surface area contributed by atoms with Crippen LogP contribution in [0.25, 0.3) is 22.0 Å². The van der Waals surface area contributed by atoms with Crippen LogP contribution in [-0.4, -0.2) is 4.98 Å². The molecular formula is C17H16NS. The highest BCUT2D eigenvalue weighted by atomic mass is 32.1. The van der Waals surface area contributed by atoms with Gasteiger partial charge in [0.25, 0.3) is 0 Å². The van der Waals surface area contributed by atoms with Crippen LogP contribution in [0.3, 0.4) is 0 Å². The summed E-state index contributed by atoms with van der Waals surface area (Å²) in [4.78, 5) is 5.78. The van der Waals surface area contributed by atoms with Crippen LogP contribution in [0, 0.1) is 11.4 Å². The van der Waals surface area contributed by atoms with Crippen LogP contribution >= 0.6 is 11.3 Å². The van der Waals surface area contributed by atoms with Gasteiger partial charge in [0.05, 0.1) is 5.69 Å². The molecule has 1 radical (unpaired) electrons. The Morgan fingerprint density at radius 1 is 1.11 bits per heavy atom. The molecule has 1 heterocycles. The molecule has 0 atom stereocenters. The van der Waals surface area contributed by atoms with Crippen molar-refractivity contribution in [2.45, 2.75) is 20.3 Å². The minimum Gasteiger partial charge on any atom is -0.233 e. The molecule has 1 aromatic heterocycles. The molecule has 19 heavy (non-hydrogen) atoms. The van der Waals surface area contributed by atoms with Crippen LogP contribution in [0.2, 0.25) is 0 Å². The average molecular weight is 266 g/mol. The first-order valence-corrected chi connectivity index (χ1v) is 7.40. The molecule has 0 aliphatic carbocycles. The van der Waals surface area contributed by atoms with E-state index in [-0.39, 0.29) is 0 Å². The molecule has 0 N–H and O–H groups in total. The molecule has 1 nitrogen and oxygen atoms in total. The fraction of sp³-hybridized carbons (Fsp3) is 0.235. The highest BCUT2D eigenvalue weighted by Gasteiger charge is 2.11. The van der Waals surface area contributed by atoms with Gasteiger partial charge in [0.1, 0.15) is 0 Å². The van der Waals surface area contributed by atoms with Crippen molar-refractivity contribution in [2.75, 3.05) is 0 Å². The summed E-state index contributed by atoms with van der Waals surface area (Å²) in [6, 6.07) is 15.0. The summed E-state index contributed by atoms with van der Waals surface area (Å²) in [5.74, 6) is 0.646.